The Morgan fingerprint density at radius 1 is 1.00 bits per heavy atom. The highest BCUT2D eigenvalue weighted by Gasteiger charge is 2.50. The lowest BCUT2D eigenvalue weighted by atomic mass is 10.2. The monoisotopic (exact) mass is 226 g/mol. The van der Waals surface area contributed by atoms with Gasteiger partial charge >= 0.3 is 5.85 Å². The molecule has 0 saturated carbocycles. The van der Waals surface area contributed by atoms with Gasteiger partial charge in [0.15, 0.2) is 0 Å². The van der Waals surface area contributed by atoms with Crippen LogP contribution in [0.25, 0.3) is 0 Å². The van der Waals surface area contributed by atoms with Crippen LogP contribution in [-0.4, -0.2) is 84.4 Å². The van der Waals surface area contributed by atoms with E-state index in [4.69, 9.17) is 5.11 Å². The molecule has 0 rings (SSSR count). The molecule has 6 heteroatoms. The van der Waals surface area contributed by atoms with Gasteiger partial charge in [-0.3, -0.25) is 9.59 Å². The highest BCUT2D eigenvalue weighted by atomic mass is 16.3. The van der Waals surface area contributed by atoms with Gasteiger partial charge in [0.05, 0.1) is 48.8 Å². The lowest BCUT2D eigenvalue weighted by molar-refractivity contribution is -1.16. The lowest BCUT2D eigenvalue weighted by Crippen LogP contribution is -2.72. The Labute approximate surface area is 92.1 Å². The minimum Gasteiger partial charge on any atom is -0.870 e. The van der Waals surface area contributed by atoms with E-state index in [0.717, 1.165) is 0 Å². The Bertz CT molecular complexity index is 175. The van der Waals surface area contributed by atoms with Crippen LogP contribution in [0, 0.1) is 0 Å². The maximum atomic E-state index is 10.3. The first-order valence-corrected chi connectivity index (χ1v) is 4.54. The number of hydrogen-bond donors (Lipinski definition) is 2. The largest absolute Gasteiger partial charge is 0.870 e. The molecule has 1 atom stereocenters. The Morgan fingerprint density at radius 2 is 1.33 bits per heavy atom. The van der Waals surface area contributed by atoms with Crippen molar-refractivity contribution in [2.45, 2.75) is 12.8 Å². The van der Waals surface area contributed by atoms with Crippen LogP contribution in [0.4, 0.5) is 0 Å². The molecule has 6 nitrogen and oxygen atoms in total. The Morgan fingerprint density at radius 3 is 1.53 bits per heavy atom. The molecular formula is C9H26N2O4. The molecule has 0 amide bonds. The zero-order chi connectivity index (χ0) is 10.9. The van der Waals surface area contributed by atoms with E-state index in [1.807, 2.05) is 35.2 Å². The molecule has 0 aromatic carbocycles. The van der Waals surface area contributed by atoms with Crippen molar-refractivity contribution in [3.05, 3.63) is 0 Å². The fraction of sp³-hybridized carbons (Fsp3) is 1.00. The lowest BCUT2D eigenvalue weighted by Gasteiger charge is -2.48. The van der Waals surface area contributed by atoms with Gasteiger partial charge in [0.2, 0.25) is 0 Å². The van der Waals surface area contributed by atoms with Crippen molar-refractivity contribution in [2.75, 3.05) is 48.4 Å². The average Bonchev–Trinajstić information content (AvgIpc) is 1.84. The highest BCUT2D eigenvalue weighted by molar-refractivity contribution is 4.45. The molecule has 4 N–H and O–H groups in total. The first-order valence-electron chi connectivity index (χ1n) is 4.54. The minimum absolute atomic E-state index is 0. The second-order valence-corrected chi connectivity index (χ2v) is 5.12. The topological polar surface area (TPSA) is 100 Å². The Kier molecular flexibility index (Phi) is 7.73. The first kappa shape index (κ1) is 20.2. The van der Waals surface area contributed by atoms with E-state index in [0.29, 0.717) is 15.5 Å². The molecule has 0 aromatic heterocycles. The molecule has 0 aromatic rings. The fourth-order valence-electron chi connectivity index (χ4n) is 1.27. The number of likely N-dealkylation sites (N-methyl/N-ethyl adjacent to an activating group) is 1. The number of quaternary nitrogens is 2. The van der Waals surface area contributed by atoms with Gasteiger partial charge in [-0.1, -0.05) is 0 Å². The highest BCUT2D eigenvalue weighted by Crippen LogP contribution is 2.24. The summed E-state index contributed by atoms with van der Waals surface area (Å²) in [5.74, 6) is -0.900. The van der Waals surface area contributed by atoms with E-state index in [-0.39, 0.29) is 17.6 Å². The summed E-state index contributed by atoms with van der Waals surface area (Å²) in [6, 6.07) is 0. The van der Waals surface area contributed by atoms with Crippen molar-refractivity contribution < 1.29 is 30.1 Å². The molecule has 1 unspecified atom stereocenters. The van der Waals surface area contributed by atoms with Crippen LogP contribution >= 0.6 is 0 Å². The van der Waals surface area contributed by atoms with Crippen molar-refractivity contribution in [2.24, 2.45) is 0 Å². The minimum atomic E-state index is -0.900. The van der Waals surface area contributed by atoms with Gasteiger partial charge in [0, 0.05) is 0 Å². The van der Waals surface area contributed by atoms with Gasteiger partial charge in [0.25, 0.3) is 0 Å². The molecule has 0 spiro atoms. The second-order valence-electron chi connectivity index (χ2n) is 5.12. The second kappa shape index (κ2) is 5.74. The van der Waals surface area contributed by atoms with Crippen LogP contribution in [0.5, 0.6) is 0 Å². The van der Waals surface area contributed by atoms with E-state index in [2.05, 4.69) is 0 Å². The van der Waals surface area contributed by atoms with Crippen LogP contribution in [0.15, 0.2) is 0 Å². The average molecular weight is 226 g/mol. The molecule has 0 saturated heterocycles. The summed E-state index contributed by atoms with van der Waals surface area (Å²) in [6.07, 6.45) is 0. The summed E-state index contributed by atoms with van der Waals surface area (Å²) in [7, 11) is 9.66. The van der Waals surface area contributed by atoms with Crippen molar-refractivity contribution in [1.29, 1.82) is 0 Å². The fourth-order valence-corrected chi connectivity index (χ4v) is 1.27. The predicted octanol–water partition coefficient (Wildman–Crippen LogP) is -0.926. The smallest absolute Gasteiger partial charge is 0.335 e. The molecule has 0 heterocycles. The quantitative estimate of drug-likeness (QED) is 0.478. The molecule has 0 fully saturated rings. The molecule has 0 aliphatic rings. The van der Waals surface area contributed by atoms with Gasteiger partial charge in [-0.15, -0.1) is 0 Å². The van der Waals surface area contributed by atoms with Crippen LogP contribution < -0.4 is 0 Å². The van der Waals surface area contributed by atoms with Crippen LogP contribution in [0.1, 0.15) is 6.92 Å². The van der Waals surface area contributed by atoms with E-state index in [1.165, 1.54) is 0 Å². The molecular weight excluding hydrogens is 200 g/mol. The molecule has 0 bridgehead atoms. The van der Waals surface area contributed by atoms with E-state index in [1.54, 1.807) is 6.92 Å². The summed E-state index contributed by atoms with van der Waals surface area (Å²) in [6.45, 7) is 2.42. The predicted molar refractivity (Wildman–Crippen MR) is 56.6 cm³/mol. The summed E-state index contributed by atoms with van der Waals surface area (Å²) in [5, 5.41) is 19.2. The van der Waals surface area contributed by atoms with Crippen molar-refractivity contribution in [1.82, 2.24) is 0 Å². The third kappa shape index (κ3) is 4.02. The number of rotatable bonds is 4. The third-order valence-corrected chi connectivity index (χ3v) is 3.08. The zero-order valence-corrected chi connectivity index (χ0v) is 10.6. The first-order chi connectivity index (χ1) is 5.56. The zero-order valence-electron chi connectivity index (χ0n) is 10.6. The van der Waals surface area contributed by atoms with Gasteiger partial charge < -0.3 is 16.1 Å². The van der Waals surface area contributed by atoms with Gasteiger partial charge in [0.1, 0.15) is 6.54 Å². The molecule has 0 radical (unpaired) electrons. The van der Waals surface area contributed by atoms with E-state index < -0.39 is 5.85 Å². The van der Waals surface area contributed by atoms with Crippen molar-refractivity contribution in [3.8, 4) is 0 Å². The number of hydrogen-bond acceptors (Lipinski definition) is 4. The van der Waals surface area contributed by atoms with E-state index in [9.17, 15) is 5.11 Å². The SMILES string of the molecule is CC(O)([N+](C)(C)C)[N+](C)(C)CCO.[OH-].[OH-]. The molecule has 15 heavy (non-hydrogen) atoms. The summed E-state index contributed by atoms with van der Waals surface area (Å²) < 4.78 is 0.826. The van der Waals surface area contributed by atoms with Crippen molar-refractivity contribution >= 4 is 0 Å². The Hall–Kier alpha value is -0.240. The van der Waals surface area contributed by atoms with Crippen molar-refractivity contribution in [3.63, 3.8) is 0 Å². The summed E-state index contributed by atoms with van der Waals surface area (Å²) >= 11 is 0. The molecule has 0 aliphatic heterocycles. The number of nitrogens with zero attached hydrogens (tertiary/aromatic N) is 2. The summed E-state index contributed by atoms with van der Waals surface area (Å²) in [4.78, 5) is 0. The standard InChI is InChI=1S/C9H24N2O2.2H2O/c1-9(13,10(2,3)4)11(5,6)7-8-12;;/h12-13H,7-8H2,1-6H3;2*1H2/q+2;;/p-2. The summed E-state index contributed by atoms with van der Waals surface area (Å²) in [5.41, 5.74) is 0. The number of aliphatic hydroxyl groups excluding tert-OH is 1. The van der Waals surface area contributed by atoms with E-state index >= 15 is 0 Å². The van der Waals surface area contributed by atoms with Gasteiger partial charge in [-0.2, -0.15) is 0 Å². The van der Waals surface area contributed by atoms with Crippen LogP contribution in [0.3, 0.4) is 0 Å². The van der Waals surface area contributed by atoms with Gasteiger partial charge in [-0.25, -0.2) is 4.48 Å². The van der Waals surface area contributed by atoms with Crippen LogP contribution in [-0.2, 0) is 0 Å². The maximum absolute atomic E-state index is 10.3. The van der Waals surface area contributed by atoms with Gasteiger partial charge in [-0.05, 0) is 0 Å². The third-order valence-electron chi connectivity index (χ3n) is 3.08. The molecule has 96 valence electrons. The maximum Gasteiger partial charge on any atom is 0.335 e. The van der Waals surface area contributed by atoms with Crippen LogP contribution in [0.2, 0.25) is 0 Å². The number of aliphatic hydroxyl groups is 2. The normalized spacial score (nSPS) is 16.0. The Balaban J connectivity index is -0.000000720. The molecule has 0 aliphatic carbocycles.